The van der Waals surface area contributed by atoms with E-state index in [4.69, 9.17) is 10.5 Å². The summed E-state index contributed by atoms with van der Waals surface area (Å²) in [7, 11) is 1.58. The van der Waals surface area contributed by atoms with Crippen molar-refractivity contribution in [2.24, 2.45) is 10.7 Å². The average molecular weight is 348 g/mol. The maximum atomic E-state index is 5.61. The highest BCUT2D eigenvalue weighted by Crippen LogP contribution is 2.06. The Morgan fingerprint density at radius 1 is 1.65 bits per heavy atom. The first kappa shape index (κ1) is 15.7. The van der Waals surface area contributed by atoms with E-state index >= 15 is 0 Å². The van der Waals surface area contributed by atoms with Crippen molar-refractivity contribution in [1.29, 1.82) is 0 Å². The summed E-state index contributed by atoms with van der Waals surface area (Å²) in [6.07, 6.45) is 1.71. The van der Waals surface area contributed by atoms with E-state index in [2.05, 4.69) is 21.9 Å². The van der Waals surface area contributed by atoms with Crippen molar-refractivity contribution in [2.75, 3.05) is 13.7 Å². The Hall–Kier alpha value is -1.31. The topological polar surface area (TPSA) is 72.5 Å². The molecule has 0 aliphatic heterocycles. The van der Waals surface area contributed by atoms with Crippen LogP contribution in [0.4, 0.5) is 0 Å². The number of nitrogens with one attached hydrogen (secondary N) is 1. The van der Waals surface area contributed by atoms with Gasteiger partial charge in [0.05, 0.1) is 19.3 Å². The van der Waals surface area contributed by atoms with Gasteiger partial charge in [0.25, 0.3) is 0 Å². The molecular formula is C11H17IN4O. The van der Waals surface area contributed by atoms with E-state index in [0.29, 0.717) is 24.9 Å². The molecule has 0 fully saturated rings. The number of pyridine rings is 1. The Labute approximate surface area is 118 Å². The summed E-state index contributed by atoms with van der Waals surface area (Å²) in [6.45, 7) is 4.59. The van der Waals surface area contributed by atoms with Crippen molar-refractivity contribution in [3.8, 4) is 5.88 Å². The number of hydrogen-bond donors (Lipinski definition) is 2. The van der Waals surface area contributed by atoms with Crippen LogP contribution in [0.5, 0.6) is 5.88 Å². The van der Waals surface area contributed by atoms with Gasteiger partial charge < -0.3 is 15.8 Å². The quantitative estimate of drug-likeness (QED) is 0.364. The second-order valence-corrected chi connectivity index (χ2v) is 3.04. The van der Waals surface area contributed by atoms with Gasteiger partial charge in [-0.3, -0.25) is 0 Å². The molecule has 5 nitrogen and oxygen atoms in total. The van der Waals surface area contributed by atoms with Gasteiger partial charge in [0.1, 0.15) is 0 Å². The monoisotopic (exact) mass is 348 g/mol. The number of nitrogens with zero attached hydrogens (tertiary/aromatic N) is 2. The molecule has 0 spiro atoms. The summed E-state index contributed by atoms with van der Waals surface area (Å²) in [5.74, 6) is 0.954. The summed E-state index contributed by atoms with van der Waals surface area (Å²) < 4.78 is 5.01. The zero-order valence-corrected chi connectivity index (χ0v) is 12.0. The van der Waals surface area contributed by atoms with E-state index in [1.165, 1.54) is 0 Å². The lowest BCUT2D eigenvalue weighted by Gasteiger charge is -2.03. The van der Waals surface area contributed by atoms with E-state index in [1.807, 2.05) is 12.1 Å². The first-order valence-corrected chi connectivity index (χ1v) is 4.91. The fourth-order valence-corrected chi connectivity index (χ4v) is 1.06. The summed E-state index contributed by atoms with van der Waals surface area (Å²) in [5.41, 5.74) is 6.42. The molecule has 3 N–H and O–H groups in total. The number of halogens is 1. The van der Waals surface area contributed by atoms with Crippen LogP contribution in [0, 0.1) is 0 Å². The van der Waals surface area contributed by atoms with Crippen LogP contribution in [0.25, 0.3) is 0 Å². The molecule has 17 heavy (non-hydrogen) atoms. The van der Waals surface area contributed by atoms with Crippen molar-refractivity contribution < 1.29 is 4.74 Å². The number of aromatic nitrogens is 1. The summed E-state index contributed by atoms with van der Waals surface area (Å²) in [6, 6.07) is 5.52. The van der Waals surface area contributed by atoms with Crippen LogP contribution < -0.4 is 15.8 Å². The number of rotatable bonds is 5. The number of hydrogen-bond acceptors (Lipinski definition) is 3. The third-order valence-corrected chi connectivity index (χ3v) is 1.83. The van der Waals surface area contributed by atoms with Gasteiger partial charge in [0, 0.05) is 12.6 Å². The third kappa shape index (κ3) is 6.10. The second-order valence-electron chi connectivity index (χ2n) is 3.04. The van der Waals surface area contributed by atoms with E-state index in [-0.39, 0.29) is 24.0 Å². The maximum absolute atomic E-state index is 5.61. The lowest BCUT2D eigenvalue weighted by atomic mass is 10.3. The fourth-order valence-electron chi connectivity index (χ4n) is 1.06. The van der Waals surface area contributed by atoms with Gasteiger partial charge in [-0.1, -0.05) is 12.1 Å². The van der Waals surface area contributed by atoms with Gasteiger partial charge in [0.15, 0.2) is 5.96 Å². The van der Waals surface area contributed by atoms with Crippen molar-refractivity contribution in [1.82, 2.24) is 10.3 Å². The Bertz CT molecular complexity index is 381. The zero-order valence-electron chi connectivity index (χ0n) is 9.72. The fraction of sp³-hybridized carbons (Fsp3) is 0.273. The molecule has 0 saturated carbocycles. The van der Waals surface area contributed by atoms with Crippen LogP contribution in [0.2, 0.25) is 0 Å². The molecule has 0 aliphatic carbocycles. The molecule has 0 bridgehead atoms. The SMILES string of the molecule is C=CCNC(N)=NCc1cccc(OC)n1.I. The molecule has 1 rings (SSSR count). The number of nitrogens with two attached hydrogens (primary N) is 1. The predicted molar refractivity (Wildman–Crippen MR) is 79.7 cm³/mol. The highest BCUT2D eigenvalue weighted by atomic mass is 127. The number of ether oxygens (including phenoxy) is 1. The molecule has 0 atom stereocenters. The van der Waals surface area contributed by atoms with E-state index < -0.39 is 0 Å². The van der Waals surface area contributed by atoms with Crippen LogP contribution in [0.15, 0.2) is 35.8 Å². The highest BCUT2D eigenvalue weighted by Gasteiger charge is 1.96. The predicted octanol–water partition coefficient (Wildman–Crippen LogP) is 1.30. The second kappa shape index (κ2) is 8.80. The van der Waals surface area contributed by atoms with Gasteiger partial charge >= 0.3 is 0 Å². The minimum atomic E-state index is 0. The maximum Gasteiger partial charge on any atom is 0.213 e. The molecule has 1 heterocycles. The van der Waals surface area contributed by atoms with Crippen LogP contribution in [-0.2, 0) is 6.54 Å². The molecule has 0 radical (unpaired) electrons. The Balaban J connectivity index is 0.00000256. The summed E-state index contributed by atoms with van der Waals surface area (Å²) >= 11 is 0. The lowest BCUT2D eigenvalue weighted by molar-refractivity contribution is 0.396. The largest absolute Gasteiger partial charge is 0.481 e. The van der Waals surface area contributed by atoms with Crippen LogP contribution in [-0.4, -0.2) is 24.6 Å². The molecule has 0 amide bonds. The number of aliphatic imine (C=N–C) groups is 1. The molecule has 0 aromatic carbocycles. The smallest absolute Gasteiger partial charge is 0.213 e. The molecule has 0 unspecified atom stereocenters. The van der Waals surface area contributed by atoms with Gasteiger partial charge in [-0.25, -0.2) is 9.98 Å². The molecule has 1 aromatic heterocycles. The van der Waals surface area contributed by atoms with Gasteiger partial charge in [-0.05, 0) is 6.07 Å². The van der Waals surface area contributed by atoms with Crippen LogP contribution in [0.1, 0.15) is 5.69 Å². The molecular weight excluding hydrogens is 331 g/mol. The first-order chi connectivity index (χ1) is 7.76. The summed E-state index contributed by atoms with van der Waals surface area (Å²) in [5, 5.41) is 2.88. The van der Waals surface area contributed by atoms with Gasteiger partial charge in [-0.15, -0.1) is 30.6 Å². The number of guanidine groups is 1. The first-order valence-electron chi connectivity index (χ1n) is 4.91. The summed E-state index contributed by atoms with van der Waals surface area (Å²) in [4.78, 5) is 8.34. The van der Waals surface area contributed by atoms with Crippen LogP contribution in [0.3, 0.4) is 0 Å². The van der Waals surface area contributed by atoms with Crippen molar-refractivity contribution in [3.63, 3.8) is 0 Å². The van der Waals surface area contributed by atoms with E-state index in [1.54, 1.807) is 19.3 Å². The zero-order chi connectivity index (χ0) is 11.8. The van der Waals surface area contributed by atoms with Crippen molar-refractivity contribution in [2.45, 2.75) is 6.54 Å². The molecule has 0 saturated heterocycles. The van der Waals surface area contributed by atoms with Gasteiger partial charge in [0.2, 0.25) is 5.88 Å². The molecule has 94 valence electrons. The lowest BCUT2D eigenvalue weighted by Crippen LogP contribution is -2.31. The third-order valence-electron chi connectivity index (χ3n) is 1.83. The Morgan fingerprint density at radius 2 is 2.41 bits per heavy atom. The highest BCUT2D eigenvalue weighted by molar-refractivity contribution is 14.0. The average Bonchev–Trinajstić information content (AvgIpc) is 2.34. The number of methoxy groups -OCH3 is 1. The van der Waals surface area contributed by atoms with E-state index in [9.17, 15) is 0 Å². The Kier molecular flexibility index (Phi) is 8.12. The normalized spacial score (nSPS) is 10.3. The molecule has 1 aromatic rings. The minimum absolute atomic E-state index is 0. The van der Waals surface area contributed by atoms with Crippen LogP contribution >= 0.6 is 24.0 Å². The van der Waals surface area contributed by atoms with Crippen molar-refractivity contribution >= 4 is 29.9 Å². The molecule has 0 aliphatic rings. The minimum Gasteiger partial charge on any atom is -0.481 e. The van der Waals surface area contributed by atoms with Crippen molar-refractivity contribution in [3.05, 3.63) is 36.5 Å². The Morgan fingerprint density at radius 3 is 3.06 bits per heavy atom. The van der Waals surface area contributed by atoms with E-state index in [0.717, 1.165) is 5.69 Å². The molecule has 6 heteroatoms. The standard InChI is InChI=1S/C11H16N4O.HI/c1-3-7-13-11(12)14-8-9-5-4-6-10(15-9)16-2;/h3-6H,1,7-8H2,2H3,(H3,12,13,14);1H. The van der Waals surface area contributed by atoms with Gasteiger partial charge in [-0.2, -0.15) is 0 Å².